The van der Waals surface area contributed by atoms with E-state index in [-0.39, 0.29) is 5.91 Å². The molecule has 23 heavy (non-hydrogen) atoms. The lowest BCUT2D eigenvalue weighted by atomic mass is 10.0. The number of carbonyl (C=O) groups is 2. The van der Waals surface area contributed by atoms with Crippen LogP contribution in [0.2, 0.25) is 5.02 Å². The van der Waals surface area contributed by atoms with Crippen LogP contribution in [0, 0.1) is 0 Å². The monoisotopic (exact) mass is 329 g/mol. The average molecular weight is 330 g/mol. The number of rotatable bonds is 4. The number of nitrogens with one attached hydrogen (secondary N) is 1. The van der Waals surface area contributed by atoms with Gasteiger partial charge in [0.2, 0.25) is 0 Å². The van der Waals surface area contributed by atoms with Gasteiger partial charge in [-0.05, 0) is 48.2 Å². The Morgan fingerprint density at radius 1 is 1.13 bits per heavy atom. The fourth-order valence-corrected chi connectivity index (χ4v) is 2.56. The molecule has 5 heteroatoms. The molecule has 1 N–H and O–H groups in total. The minimum atomic E-state index is -0.473. The molecule has 0 aliphatic heterocycles. The molecule has 0 radical (unpaired) electrons. The SMILES string of the molecule is COC(=O)c1ccc(-c2cccc(C(=O)NC3CC3)c2)cc1Cl. The highest BCUT2D eigenvalue weighted by atomic mass is 35.5. The van der Waals surface area contributed by atoms with E-state index < -0.39 is 5.97 Å². The third-order valence-corrected chi connectivity index (χ3v) is 4.06. The molecular formula is C18H16ClNO3. The third-order valence-electron chi connectivity index (χ3n) is 3.75. The van der Waals surface area contributed by atoms with E-state index in [2.05, 4.69) is 10.1 Å². The first-order chi connectivity index (χ1) is 11.1. The van der Waals surface area contributed by atoms with E-state index >= 15 is 0 Å². The standard InChI is InChI=1S/C18H16ClNO3/c1-23-18(22)15-8-5-12(10-16(15)19)11-3-2-4-13(9-11)17(21)20-14-6-7-14/h2-5,8-10,14H,6-7H2,1H3,(H,20,21). The van der Waals surface area contributed by atoms with Crippen LogP contribution in [-0.2, 0) is 4.74 Å². The van der Waals surface area contributed by atoms with Crippen LogP contribution in [0.4, 0.5) is 0 Å². The van der Waals surface area contributed by atoms with Crippen LogP contribution in [0.5, 0.6) is 0 Å². The number of benzene rings is 2. The maximum Gasteiger partial charge on any atom is 0.339 e. The molecule has 1 aliphatic carbocycles. The van der Waals surface area contributed by atoms with Crippen molar-refractivity contribution in [3.8, 4) is 11.1 Å². The molecule has 4 nitrogen and oxygen atoms in total. The van der Waals surface area contributed by atoms with Crippen molar-refractivity contribution < 1.29 is 14.3 Å². The molecule has 0 spiro atoms. The first-order valence-electron chi connectivity index (χ1n) is 7.37. The van der Waals surface area contributed by atoms with E-state index in [1.54, 1.807) is 24.3 Å². The molecular weight excluding hydrogens is 314 g/mol. The van der Waals surface area contributed by atoms with Gasteiger partial charge in [0, 0.05) is 11.6 Å². The van der Waals surface area contributed by atoms with Crippen molar-refractivity contribution >= 4 is 23.5 Å². The topological polar surface area (TPSA) is 55.4 Å². The Balaban J connectivity index is 1.87. The van der Waals surface area contributed by atoms with E-state index in [9.17, 15) is 9.59 Å². The maximum atomic E-state index is 12.1. The summed E-state index contributed by atoms with van der Waals surface area (Å²) in [4.78, 5) is 23.7. The lowest BCUT2D eigenvalue weighted by Crippen LogP contribution is -2.25. The van der Waals surface area contributed by atoms with Crippen molar-refractivity contribution in [1.82, 2.24) is 5.32 Å². The zero-order valence-corrected chi connectivity index (χ0v) is 13.4. The lowest BCUT2D eigenvalue weighted by molar-refractivity contribution is 0.0601. The molecule has 0 saturated heterocycles. The summed E-state index contributed by atoms with van der Waals surface area (Å²) in [5.74, 6) is -0.536. The number of carbonyl (C=O) groups excluding carboxylic acids is 2. The van der Waals surface area contributed by atoms with Crippen LogP contribution >= 0.6 is 11.6 Å². The van der Waals surface area contributed by atoms with Gasteiger partial charge in [0.25, 0.3) is 5.91 Å². The van der Waals surface area contributed by atoms with Crippen LogP contribution < -0.4 is 5.32 Å². The number of methoxy groups -OCH3 is 1. The summed E-state index contributed by atoms with van der Waals surface area (Å²) in [6.45, 7) is 0. The first-order valence-corrected chi connectivity index (χ1v) is 7.75. The van der Waals surface area contributed by atoms with Gasteiger partial charge in [0.05, 0.1) is 17.7 Å². The van der Waals surface area contributed by atoms with E-state index in [0.29, 0.717) is 22.2 Å². The Morgan fingerprint density at radius 2 is 1.87 bits per heavy atom. The summed E-state index contributed by atoms with van der Waals surface area (Å²) in [5.41, 5.74) is 2.64. The van der Waals surface area contributed by atoms with Crippen molar-refractivity contribution in [3.05, 3.63) is 58.6 Å². The largest absolute Gasteiger partial charge is 0.465 e. The minimum absolute atomic E-state index is 0.0633. The van der Waals surface area contributed by atoms with Gasteiger partial charge in [-0.3, -0.25) is 4.79 Å². The summed E-state index contributed by atoms with van der Waals surface area (Å²) in [6.07, 6.45) is 2.10. The molecule has 0 atom stereocenters. The molecule has 2 aromatic carbocycles. The molecule has 1 aliphatic rings. The molecule has 2 aromatic rings. The Labute approximate surface area is 139 Å². The molecule has 118 valence electrons. The average Bonchev–Trinajstić information content (AvgIpc) is 3.38. The summed E-state index contributed by atoms with van der Waals surface area (Å²) in [5, 5.41) is 3.29. The summed E-state index contributed by atoms with van der Waals surface area (Å²) in [6, 6.07) is 12.8. The predicted octanol–water partition coefficient (Wildman–Crippen LogP) is 3.69. The van der Waals surface area contributed by atoms with E-state index in [1.165, 1.54) is 7.11 Å². The number of hydrogen-bond acceptors (Lipinski definition) is 3. The van der Waals surface area contributed by atoms with Gasteiger partial charge in [-0.2, -0.15) is 0 Å². The summed E-state index contributed by atoms with van der Waals surface area (Å²) in [7, 11) is 1.31. The van der Waals surface area contributed by atoms with Crippen molar-refractivity contribution in [2.24, 2.45) is 0 Å². The Hall–Kier alpha value is -2.33. The van der Waals surface area contributed by atoms with Crippen LogP contribution in [0.3, 0.4) is 0 Å². The number of amides is 1. The van der Waals surface area contributed by atoms with Gasteiger partial charge >= 0.3 is 5.97 Å². The van der Waals surface area contributed by atoms with E-state index in [4.69, 9.17) is 11.6 Å². The third kappa shape index (κ3) is 3.54. The smallest absolute Gasteiger partial charge is 0.339 e. The van der Waals surface area contributed by atoms with Crippen molar-refractivity contribution in [2.45, 2.75) is 18.9 Å². The van der Waals surface area contributed by atoms with Gasteiger partial charge in [0.15, 0.2) is 0 Å². The summed E-state index contributed by atoms with van der Waals surface area (Å²) >= 11 is 6.15. The molecule has 1 saturated carbocycles. The van der Waals surface area contributed by atoms with Crippen LogP contribution in [-0.4, -0.2) is 25.0 Å². The molecule has 1 amide bonds. The number of halogens is 1. The lowest BCUT2D eigenvalue weighted by Gasteiger charge is -2.08. The highest BCUT2D eigenvalue weighted by Crippen LogP contribution is 2.27. The molecule has 0 heterocycles. The molecule has 0 unspecified atom stereocenters. The van der Waals surface area contributed by atoms with Crippen LogP contribution in [0.15, 0.2) is 42.5 Å². The Kier molecular flexibility index (Phi) is 4.35. The van der Waals surface area contributed by atoms with Gasteiger partial charge in [-0.25, -0.2) is 4.79 Å². The van der Waals surface area contributed by atoms with Crippen molar-refractivity contribution in [1.29, 1.82) is 0 Å². The zero-order valence-electron chi connectivity index (χ0n) is 12.6. The normalized spacial score (nSPS) is 13.5. The number of esters is 1. The quantitative estimate of drug-likeness (QED) is 0.870. The molecule has 0 aromatic heterocycles. The van der Waals surface area contributed by atoms with Crippen molar-refractivity contribution in [3.63, 3.8) is 0 Å². The molecule has 3 rings (SSSR count). The second-order valence-electron chi connectivity index (χ2n) is 5.51. The fourth-order valence-electron chi connectivity index (χ4n) is 2.31. The molecule has 0 bridgehead atoms. The Bertz CT molecular complexity index is 769. The highest BCUT2D eigenvalue weighted by molar-refractivity contribution is 6.33. The Morgan fingerprint density at radius 3 is 2.52 bits per heavy atom. The maximum absolute atomic E-state index is 12.1. The minimum Gasteiger partial charge on any atom is -0.465 e. The van der Waals surface area contributed by atoms with Gasteiger partial charge in [0.1, 0.15) is 0 Å². The number of ether oxygens (including phenoxy) is 1. The first kappa shape index (κ1) is 15.6. The van der Waals surface area contributed by atoms with Crippen molar-refractivity contribution in [2.75, 3.05) is 7.11 Å². The van der Waals surface area contributed by atoms with Gasteiger partial charge < -0.3 is 10.1 Å². The second kappa shape index (κ2) is 6.42. The van der Waals surface area contributed by atoms with Crippen LogP contribution in [0.25, 0.3) is 11.1 Å². The van der Waals surface area contributed by atoms with Gasteiger partial charge in [-0.1, -0.05) is 29.8 Å². The predicted molar refractivity (Wildman–Crippen MR) is 88.7 cm³/mol. The van der Waals surface area contributed by atoms with E-state index in [1.807, 2.05) is 18.2 Å². The van der Waals surface area contributed by atoms with Gasteiger partial charge in [-0.15, -0.1) is 0 Å². The van der Waals surface area contributed by atoms with Crippen LogP contribution in [0.1, 0.15) is 33.6 Å². The zero-order chi connectivity index (χ0) is 16.4. The fraction of sp³-hybridized carbons (Fsp3) is 0.222. The molecule has 1 fully saturated rings. The number of hydrogen-bond donors (Lipinski definition) is 1. The van der Waals surface area contributed by atoms with E-state index in [0.717, 1.165) is 24.0 Å². The second-order valence-corrected chi connectivity index (χ2v) is 5.92. The highest BCUT2D eigenvalue weighted by Gasteiger charge is 2.23. The summed E-state index contributed by atoms with van der Waals surface area (Å²) < 4.78 is 4.68.